The van der Waals surface area contributed by atoms with Crippen molar-refractivity contribution < 1.29 is 9.13 Å². The average Bonchev–Trinajstić information content (AvgIpc) is 2.49. The van der Waals surface area contributed by atoms with Gasteiger partial charge in [-0.05, 0) is 65.2 Å². The normalized spacial score (nSPS) is 13.8. The molecule has 2 atom stereocenters. The number of halogens is 2. The number of hydrogen-bond acceptors (Lipinski definition) is 2. The van der Waals surface area contributed by atoms with Gasteiger partial charge in [0, 0.05) is 12.1 Å². The first-order chi connectivity index (χ1) is 10.0. The van der Waals surface area contributed by atoms with Gasteiger partial charge in [-0.15, -0.1) is 0 Å². The van der Waals surface area contributed by atoms with Crippen molar-refractivity contribution in [1.29, 1.82) is 0 Å². The molecule has 0 aliphatic heterocycles. The summed E-state index contributed by atoms with van der Waals surface area (Å²) in [6.45, 7) is 4.17. The molecule has 0 spiro atoms. The second kappa shape index (κ2) is 7.05. The van der Waals surface area contributed by atoms with Gasteiger partial charge in [-0.3, -0.25) is 0 Å². The third-order valence-electron chi connectivity index (χ3n) is 3.54. The van der Waals surface area contributed by atoms with Gasteiger partial charge in [0.2, 0.25) is 0 Å². The number of rotatable bonds is 5. The molecule has 2 nitrogen and oxygen atoms in total. The van der Waals surface area contributed by atoms with Crippen LogP contribution in [0.15, 0.2) is 46.9 Å². The fourth-order valence-electron chi connectivity index (χ4n) is 2.26. The molecule has 21 heavy (non-hydrogen) atoms. The van der Waals surface area contributed by atoms with Crippen molar-refractivity contribution in [2.24, 2.45) is 0 Å². The Labute approximate surface area is 133 Å². The number of methoxy groups -OCH3 is 1. The van der Waals surface area contributed by atoms with Crippen LogP contribution in [-0.4, -0.2) is 7.11 Å². The standard InChI is InChI=1S/C17H19BrFNO/c1-11(13-5-4-6-15(9-13)21-3)20-12(2)14-7-8-17(19)16(18)10-14/h4-12,20H,1-3H3/t11-,12?/m0/s1. The number of nitrogens with one attached hydrogen (secondary N) is 1. The van der Waals surface area contributed by atoms with Crippen LogP contribution in [0.2, 0.25) is 0 Å². The highest BCUT2D eigenvalue weighted by molar-refractivity contribution is 9.10. The Balaban J connectivity index is 2.10. The molecule has 0 aliphatic rings. The van der Waals surface area contributed by atoms with Crippen LogP contribution in [0.1, 0.15) is 37.1 Å². The van der Waals surface area contributed by atoms with Crippen LogP contribution in [0.25, 0.3) is 0 Å². The molecule has 0 saturated carbocycles. The first kappa shape index (κ1) is 16.0. The van der Waals surface area contributed by atoms with Crippen molar-refractivity contribution in [2.45, 2.75) is 25.9 Å². The van der Waals surface area contributed by atoms with Crippen molar-refractivity contribution in [3.8, 4) is 5.75 Å². The molecule has 4 heteroatoms. The molecule has 0 aliphatic carbocycles. The molecule has 2 rings (SSSR count). The zero-order valence-electron chi connectivity index (χ0n) is 12.4. The molecule has 0 aromatic heterocycles. The minimum absolute atomic E-state index is 0.114. The summed E-state index contributed by atoms with van der Waals surface area (Å²) in [4.78, 5) is 0. The molecule has 0 bridgehead atoms. The van der Waals surface area contributed by atoms with E-state index in [0.29, 0.717) is 4.47 Å². The van der Waals surface area contributed by atoms with Crippen molar-refractivity contribution in [1.82, 2.24) is 5.32 Å². The third-order valence-corrected chi connectivity index (χ3v) is 4.15. The summed E-state index contributed by atoms with van der Waals surface area (Å²) >= 11 is 3.23. The second-order valence-corrected chi connectivity index (χ2v) is 5.91. The summed E-state index contributed by atoms with van der Waals surface area (Å²) in [5.41, 5.74) is 2.19. The smallest absolute Gasteiger partial charge is 0.137 e. The van der Waals surface area contributed by atoms with Crippen molar-refractivity contribution in [3.05, 3.63) is 63.9 Å². The van der Waals surface area contributed by atoms with Gasteiger partial charge in [0.1, 0.15) is 11.6 Å². The van der Waals surface area contributed by atoms with E-state index in [1.54, 1.807) is 13.2 Å². The van der Waals surface area contributed by atoms with Gasteiger partial charge < -0.3 is 10.1 Å². The Morgan fingerprint density at radius 3 is 2.33 bits per heavy atom. The monoisotopic (exact) mass is 351 g/mol. The van der Waals surface area contributed by atoms with Gasteiger partial charge in [0.25, 0.3) is 0 Å². The summed E-state index contributed by atoms with van der Waals surface area (Å²) in [5, 5.41) is 3.51. The van der Waals surface area contributed by atoms with E-state index >= 15 is 0 Å². The predicted octanol–water partition coefficient (Wildman–Crippen LogP) is 5.01. The van der Waals surface area contributed by atoms with E-state index in [1.807, 2.05) is 24.3 Å². The molecule has 1 unspecified atom stereocenters. The second-order valence-electron chi connectivity index (χ2n) is 5.06. The van der Waals surface area contributed by atoms with E-state index in [1.165, 1.54) is 6.07 Å². The zero-order valence-corrected chi connectivity index (χ0v) is 13.9. The Morgan fingerprint density at radius 2 is 1.71 bits per heavy atom. The molecule has 2 aromatic rings. The van der Waals surface area contributed by atoms with Gasteiger partial charge >= 0.3 is 0 Å². The molecule has 0 saturated heterocycles. The summed E-state index contributed by atoms with van der Waals surface area (Å²) in [6, 6.07) is 13.4. The van der Waals surface area contributed by atoms with E-state index in [4.69, 9.17) is 4.74 Å². The maximum Gasteiger partial charge on any atom is 0.137 e. The molecule has 0 fully saturated rings. The van der Waals surface area contributed by atoms with Crippen LogP contribution in [-0.2, 0) is 0 Å². The van der Waals surface area contributed by atoms with Gasteiger partial charge in [0.05, 0.1) is 11.6 Å². The van der Waals surface area contributed by atoms with E-state index in [0.717, 1.165) is 16.9 Å². The molecule has 1 N–H and O–H groups in total. The molecule has 2 aromatic carbocycles. The van der Waals surface area contributed by atoms with Crippen molar-refractivity contribution >= 4 is 15.9 Å². The van der Waals surface area contributed by atoms with Crippen LogP contribution < -0.4 is 10.1 Å². The zero-order chi connectivity index (χ0) is 15.4. The highest BCUT2D eigenvalue weighted by atomic mass is 79.9. The highest BCUT2D eigenvalue weighted by Crippen LogP contribution is 2.25. The van der Waals surface area contributed by atoms with Crippen LogP contribution in [0.4, 0.5) is 4.39 Å². The first-order valence-corrected chi connectivity index (χ1v) is 7.65. The average molecular weight is 352 g/mol. The van der Waals surface area contributed by atoms with Crippen LogP contribution in [0, 0.1) is 5.82 Å². The lowest BCUT2D eigenvalue weighted by molar-refractivity contribution is 0.412. The van der Waals surface area contributed by atoms with Crippen molar-refractivity contribution in [3.63, 3.8) is 0 Å². The lowest BCUT2D eigenvalue weighted by Gasteiger charge is -2.21. The minimum atomic E-state index is -0.244. The van der Waals surface area contributed by atoms with Gasteiger partial charge in [-0.25, -0.2) is 4.39 Å². The van der Waals surface area contributed by atoms with Gasteiger partial charge in [0.15, 0.2) is 0 Å². The largest absolute Gasteiger partial charge is 0.497 e. The summed E-state index contributed by atoms with van der Waals surface area (Å²) < 4.78 is 19.0. The summed E-state index contributed by atoms with van der Waals surface area (Å²) in [5.74, 6) is 0.602. The lowest BCUT2D eigenvalue weighted by Crippen LogP contribution is -2.22. The Kier molecular flexibility index (Phi) is 5.37. The summed E-state index contributed by atoms with van der Waals surface area (Å²) in [7, 11) is 1.66. The summed E-state index contributed by atoms with van der Waals surface area (Å²) in [6.07, 6.45) is 0. The Morgan fingerprint density at radius 1 is 1.05 bits per heavy atom. The third kappa shape index (κ3) is 4.05. The number of hydrogen-bond donors (Lipinski definition) is 1. The fourth-order valence-corrected chi connectivity index (χ4v) is 2.66. The molecule has 0 amide bonds. The molecule has 0 heterocycles. The quantitative estimate of drug-likeness (QED) is 0.817. The number of ether oxygens (including phenoxy) is 1. The maximum absolute atomic E-state index is 13.3. The van der Waals surface area contributed by atoms with E-state index in [-0.39, 0.29) is 17.9 Å². The van der Waals surface area contributed by atoms with Gasteiger partial charge in [-0.2, -0.15) is 0 Å². The molecular weight excluding hydrogens is 333 g/mol. The molecule has 112 valence electrons. The van der Waals surface area contributed by atoms with Crippen molar-refractivity contribution in [2.75, 3.05) is 7.11 Å². The SMILES string of the molecule is COc1cccc([C@H](C)NC(C)c2ccc(F)c(Br)c2)c1. The van der Waals surface area contributed by atoms with E-state index in [9.17, 15) is 4.39 Å². The van der Waals surface area contributed by atoms with E-state index < -0.39 is 0 Å². The van der Waals surface area contributed by atoms with Crippen LogP contribution >= 0.6 is 15.9 Å². The van der Waals surface area contributed by atoms with Crippen LogP contribution in [0.5, 0.6) is 5.75 Å². The Bertz CT molecular complexity index is 617. The number of benzene rings is 2. The predicted molar refractivity (Wildman–Crippen MR) is 87.1 cm³/mol. The van der Waals surface area contributed by atoms with E-state index in [2.05, 4.69) is 41.2 Å². The maximum atomic E-state index is 13.3. The van der Waals surface area contributed by atoms with Crippen LogP contribution in [0.3, 0.4) is 0 Å². The molecule has 0 radical (unpaired) electrons. The first-order valence-electron chi connectivity index (χ1n) is 6.86. The minimum Gasteiger partial charge on any atom is -0.497 e. The Hall–Kier alpha value is -1.39. The molecular formula is C17H19BrFNO. The van der Waals surface area contributed by atoms with Gasteiger partial charge in [-0.1, -0.05) is 18.2 Å². The lowest BCUT2D eigenvalue weighted by atomic mass is 10.0. The fraction of sp³-hybridized carbons (Fsp3) is 0.294. The highest BCUT2D eigenvalue weighted by Gasteiger charge is 2.13. The topological polar surface area (TPSA) is 21.3 Å².